The van der Waals surface area contributed by atoms with Crippen molar-refractivity contribution in [3.63, 3.8) is 0 Å². The van der Waals surface area contributed by atoms with E-state index in [0.29, 0.717) is 19.0 Å². The summed E-state index contributed by atoms with van der Waals surface area (Å²) in [6, 6.07) is 0.307. The molecule has 1 saturated carbocycles. The van der Waals surface area contributed by atoms with Crippen molar-refractivity contribution in [3.05, 3.63) is 5.82 Å². The molecule has 1 N–H and O–H groups in total. The zero-order valence-corrected chi connectivity index (χ0v) is 18.7. The van der Waals surface area contributed by atoms with Gasteiger partial charge >= 0.3 is 0 Å². The first kappa shape index (κ1) is 22.1. The Bertz CT molecular complexity index is 685. The number of thioether (sulfide) groups is 1. The van der Waals surface area contributed by atoms with Crippen LogP contribution in [0.15, 0.2) is 5.16 Å². The molecule has 2 heterocycles. The predicted molar refractivity (Wildman–Crippen MR) is 115 cm³/mol. The van der Waals surface area contributed by atoms with Crippen molar-refractivity contribution in [1.82, 2.24) is 25.0 Å². The summed E-state index contributed by atoms with van der Waals surface area (Å²) in [6.07, 6.45) is 10.9. The van der Waals surface area contributed by atoms with Gasteiger partial charge in [0.05, 0.1) is 11.8 Å². The maximum atomic E-state index is 12.7. The van der Waals surface area contributed by atoms with Crippen LogP contribution in [0.3, 0.4) is 0 Å². The van der Waals surface area contributed by atoms with Crippen LogP contribution in [0.2, 0.25) is 0 Å². The van der Waals surface area contributed by atoms with Crippen molar-refractivity contribution in [2.45, 2.75) is 108 Å². The first-order valence-corrected chi connectivity index (χ1v) is 12.1. The number of carbonyl (C=O) groups excluding carboxylic acids is 2. The van der Waals surface area contributed by atoms with E-state index in [0.717, 1.165) is 56.2 Å². The van der Waals surface area contributed by atoms with E-state index >= 15 is 0 Å². The number of likely N-dealkylation sites (tertiary alicyclic amines) is 1. The molecule has 2 amide bonds. The molecule has 1 saturated heterocycles. The average molecular weight is 422 g/mol. The third-order valence-corrected chi connectivity index (χ3v) is 7.05. The number of nitrogens with zero attached hydrogens (tertiary/aromatic N) is 4. The molecule has 2 fully saturated rings. The highest BCUT2D eigenvalue weighted by Crippen LogP contribution is 2.25. The summed E-state index contributed by atoms with van der Waals surface area (Å²) in [5.74, 6) is 1.09. The minimum Gasteiger partial charge on any atom is -0.352 e. The fraction of sp³-hybridized carbons (Fsp3) is 0.810. The maximum Gasteiger partial charge on any atom is 0.233 e. The number of aromatic nitrogens is 3. The summed E-state index contributed by atoms with van der Waals surface area (Å²) in [5.41, 5.74) is 0. The monoisotopic (exact) mass is 421 g/mol. The smallest absolute Gasteiger partial charge is 0.233 e. The van der Waals surface area contributed by atoms with Crippen LogP contribution < -0.4 is 5.32 Å². The maximum absolute atomic E-state index is 12.7. The zero-order valence-electron chi connectivity index (χ0n) is 17.9. The van der Waals surface area contributed by atoms with Crippen LogP contribution in [0.5, 0.6) is 0 Å². The molecule has 1 aliphatic carbocycles. The van der Waals surface area contributed by atoms with Gasteiger partial charge in [-0.15, -0.1) is 10.2 Å². The Morgan fingerprint density at radius 2 is 1.86 bits per heavy atom. The van der Waals surface area contributed by atoms with Gasteiger partial charge in [0.2, 0.25) is 11.8 Å². The van der Waals surface area contributed by atoms with Gasteiger partial charge in [0.15, 0.2) is 11.0 Å². The average Bonchev–Trinajstić information content (AvgIpc) is 2.86. The highest BCUT2D eigenvalue weighted by atomic mass is 32.2. The molecule has 0 unspecified atom stereocenters. The first-order chi connectivity index (χ1) is 14.1. The standard InChI is InChI=1S/C21H35N5O2S/c1-3-26-18(15-25-14-10-6-9-13-19(25)27)23-24-21(26)29-16(2)20(28)22-17-11-7-4-5-8-12-17/h16-17H,3-15H2,1-2H3,(H,22,28)/t16-/m0/s1. The van der Waals surface area contributed by atoms with E-state index in [4.69, 9.17) is 0 Å². The van der Waals surface area contributed by atoms with Crippen LogP contribution in [0, 0.1) is 0 Å². The van der Waals surface area contributed by atoms with Gasteiger partial charge in [0, 0.05) is 25.6 Å². The fourth-order valence-corrected chi connectivity index (χ4v) is 5.11. The molecule has 162 valence electrons. The molecule has 0 aromatic carbocycles. The van der Waals surface area contributed by atoms with E-state index in [1.54, 1.807) is 0 Å². The molecule has 0 radical (unpaired) electrons. The number of carbonyl (C=O) groups is 2. The molecule has 1 aliphatic heterocycles. The quantitative estimate of drug-likeness (QED) is 0.538. The molecule has 29 heavy (non-hydrogen) atoms. The lowest BCUT2D eigenvalue weighted by Gasteiger charge is -2.21. The largest absolute Gasteiger partial charge is 0.352 e. The molecular formula is C21H35N5O2S. The summed E-state index contributed by atoms with van der Waals surface area (Å²) in [6.45, 7) is 6.01. The third kappa shape index (κ3) is 6.20. The Morgan fingerprint density at radius 1 is 1.14 bits per heavy atom. The van der Waals surface area contributed by atoms with E-state index in [1.165, 1.54) is 37.4 Å². The van der Waals surface area contributed by atoms with Gasteiger partial charge in [-0.1, -0.05) is 43.9 Å². The summed E-state index contributed by atoms with van der Waals surface area (Å²) >= 11 is 1.46. The van der Waals surface area contributed by atoms with Gasteiger partial charge in [-0.25, -0.2) is 0 Å². The topological polar surface area (TPSA) is 80.1 Å². The van der Waals surface area contributed by atoms with Crippen molar-refractivity contribution in [3.8, 4) is 0 Å². The second-order valence-electron chi connectivity index (χ2n) is 8.23. The minimum atomic E-state index is -0.222. The van der Waals surface area contributed by atoms with Gasteiger partial charge in [0.25, 0.3) is 0 Å². The predicted octanol–water partition coefficient (Wildman–Crippen LogP) is 3.52. The van der Waals surface area contributed by atoms with Gasteiger partial charge in [-0.05, 0) is 39.5 Å². The second kappa shape index (κ2) is 11.0. The second-order valence-corrected chi connectivity index (χ2v) is 9.53. The lowest BCUT2D eigenvalue weighted by Crippen LogP contribution is -2.39. The lowest BCUT2D eigenvalue weighted by molar-refractivity contribution is -0.131. The summed E-state index contributed by atoms with van der Waals surface area (Å²) in [5, 5.41) is 12.5. The highest BCUT2D eigenvalue weighted by molar-refractivity contribution is 8.00. The van der Waals surface area contributed by atoms with Crippen LogP contribution >= 0.6 is 11.8 Å². The van der Waals surface area contributed by atoms with E-state index in [9.17, 15) is 9.59 Å². The third-order valence-electron chi connectivity index (χ3n) is 5.97. The Balaban J connectivity index is 1.60. The fourth-order valence-electron chi connectivity index (χ4n) is 4.17. The van der Waals surface area contributed by atoms with Gasteiger partial charge in [0.1, 0.15) is 0 Å². The zero-order chi connectivity index (χ0) is 20.6. The van der Waals surface area contributed by atoms with Crippen molar-refractivity contribution in [1.29, 1.82) is 0 Å². The Morgan fingerprint density at radius 3 is 2.59 bits per heavy atom. The van der Waals surface area contributed by atoms with Crippen molar-refractivity contribution >= 4 is 23.6 Å². The number of nitrogens with one attached hydrogen (secondary N) is 1. The summed E-state index contributed by atoms with van der Waals surface area (Å²) in [4.78, 5) is 26.9. The van der Waals surface area contributed by atoms with Crippen molar-refractivity contribution < 1.29 is 9.59 Å². The lowest BCUT2D eigenvalue weighted by atomic mass is 10.1. The number of amides is 2. The molecule has 3 rings (SSSR count). The van der Waals surface area contributed by atoms with Crippen LogP contribution in [0.25, 0.3) is 0 Å². The molecule has 7 nitrogen and oxygen atoms in total. The van der Waals surface area contributed by atoms with Crippen LogP contribution in [-0.4, -0.2) is 49.3 Å². The van der Waals surface area contributed by atoms with Crippen LogP contribution in [-0.2, 0) is 22.7 Å². The Hall–Kier alpha value is -1.57. The van der Waals surface area contributed by atoms with Crippen LogP contribution in [0.1, 0.15) is 83.9 Å². The van der Waals surface area contributed by atoms with E-state index in [1.807, 2.05) is 16.4 Å². The number of rotatable bonds is 7. The minimum absolute atomic E-state index is 0.0804. The molecule has 0 bridgehead atoms. The van der Waals surface area contributed by atoms with Crippen molar-refractivity contribution in [2.24, 2.45) is 0 Å². The molecular weight excluding hydrogens is 386 g/mol. The molecule has 1 atom stereocenters. The van der Waals surface area contributed by atoms with Gasteiger partial charge < -0.3 is 14.8 Å². The van der Waals surface area contributed by atoms with E-state index < -0.39 is 0 Å². The van der Waals surface area contributed by atoms with E-state index in [2.05, 4.69) is 22.4 Å². The molecule has 8 heteroatoms. The molecule has 1 aromatic rings. The van der Waals surface area contributed by atoms with E-state index in [-0.39, 0.29) is 17.1 Å². The first-order valence-electron chi connectivity index (χ1n) is 11.3. The summed E-state index contributed by atoms with van der Waals surface area (Å²) in [7, 11) is 0. The molecule has 1 aromatic heterocycles. The summed E-state index contributed by atoms with van der Waals surface area (Å²) < 4.78 is 2.04. The van der Waals surface area contributed by atoms with Gasteiger partial charge in [-0.3, -0.25) is 9.59 Å². The van der Waals surface area contributed by atoms with Crippen molar-refractivity contribution in [2.75, 3.05) is 6.54 Å². The Labute approximate surface area is 178 Å². The molecule has 0 spiro atoms. The SMILES string of the molecule is CCn1c(CN2CCCCCC2=O)nnc1S[C@@H](C)C(=O)NC1CCCCCC1. The Kier molecular flexibility index (Phi) is 8.39. The number of hydrogen-bond acceptors (Lipinski definition) is 5. The normalized spacial score (nSPS) is 20.2. The molecule has 2 aliphatic rings. The highest BCUT2D eigenvalue weighted by Gasteiger charge is 2.24. The van der Waals surface area contributed by atoms with Crippen LogP contribution in [0.4, 0.5) is 0 Å². The van der Waals surface area contributed by atoms with Gasteiger partial charge in [-0.2, -0.15) is 0 Å². The number of hydrogen-bond donors (Lipinski definition) is 1.